The summed E-state index contributed by atoms with van der Waals surface area (Å²) < 4.78 is 70.0. The Labute approximate surface area is 172 Å². The predicted molar refractivity (Wildman–Crippen MR) is 105 cm³/mol. The number of alkyl halides is 3. The number of hydrogen-bond acceptors (Lipinski definition) is 5. The number of methoxy groups -OCH3 is 1. The Morgan fingerprint density at radius 2 is 1.90 bits per heavy atom. The zero-order chi connectivity index (χ0) is 22.5. The fraction of sp³-hybridized carbons (Fsp3) is 0.263. The van der Waals surface area contributed by atoms with Crippen molar-refractivity contribution < 1.29 is 31.1 Å². The number of hydrogen-bond donors (Lipinski definition) is 1. The van der Waals surface area contributed by atoms with E-state index in [0.717, 1.165) is 16.6 Å². The molecule has 0 fully saturated rings. The van der Waals surface area contributed by atoms with Gasteiger partial charge in [-0.05, 0) is 36.8 Å². The highest BCUT2D eigenvalue weighted by Crippen LogP contribution is 2.31. The highest BCUT2D eigenvalue weighted by molar-refractivity contribution is 7.89. The van der Waals surface area contributed by atoms with Crippen molar-refractivity contribution in [3.63, 3.8) is 0 Å². The van der Waals surface area contributed by atoms with E-state index >= 15 is 0 Å². The van der Waals surface area contributed by atoms with E-state index in [0.29, 0.717) is 11.3 Å². The molecular weight excluding hydrogens is 423 g/mol. The van der Waals surface area contributed by atoms with Crippen molar-refractivity contribution in [2.45, 2.75) is 18.0 Å². The summed E-state index contributed by atoms with van der Waals surface area (Å²) in [5.74, 6) is -0.296. The van der Waals surface area contributed by atoms with E-state index in [2.05, 4.69) is 5.10 Å². The van der Waals surface area contributed by atoms with Crippen LogP contribution in [0.15, 0.2) is 52.5 Å². The van der Waals surface area contributed by atoms with Crippen molar-refractivity contribution in [1.82, 2.24) is 9.73 Å². The monoisotopic (exact) mass is 443 g/mol. The molecule has 162 valence electrons. The molecule has 0 aliphatic rings. The van der Waals surface area contributed by atoms with Crippen molar-refractivity contribution in [3.8, 4) is 5.75 Å². The number of sulfonamides is 1. The number of halogens is 3. The maximum Gasteiger partial charge on any atom is 0.417 e. The van der Waals surface area contributed by atoms with E-state index in [1.165, 1.54) is 50.6 Å². The second kappa shape index (κ2) is 9.26. The fourth-order valence-corrected chi connectivity index (χ4v) is 3.77. The van der Waals surface area contributed by atoms with Gasteiger partial charge in [0.15, 0.2) is 0 Å². The van der Waals surface area contributed by atoms with Gasteiger partial charge >= 0.3 is 6.18 Å². The Kier molecular flexibility index (Phi) is 7.21. The average molecular weight is 443 g/mol. The lowest BCUT2D eigenvalue weighted by molar-refractivity contribution is -0.137. The fourth-order valence-electron chi connectivity index (χ4n) is 2.56. The van der Waals surface area contributed by atoms with Gasteiger partial charge in [0.2, 0.25) is 10.0 Å². The summed E-state index contributed by atoms with van der Waals surface area (Å²) in [6.45, 7) is 1.10. The molecule has 0 heterocycles. The molecule has 0 saturated heterocycles. The quantitative estimate of drug-likeness (QED) is 0.527. The Bertz CT molecular complexity index is 1050. The molecule has 0 aliphatic heterocycles. The number of carbonyl (C=O) groups excluding carboxylic acids is 1. The molecule has 0 aromatic heterocycles. The number of nitrogens with zero attached hydrogens (tertiary/aromatic N) is 2. The van der Waals surface area contributed by atoms with Crippen LogP contribution in [0.5, 0.6) is 5.75 Å². The molecule has 2 rings (SSSR count). The van der Waals surface area contributed by atoms with Gasteiger partial charge in [-0.1, -0.05) is 18.2 Å². The summed E-state index contributed by atoms with van der Waals surface area (Å²) in [6.07, 6.45) is -3.72. The normalized spacial score (nSPS) is 12.4. The van der Waals surface area contributed by atoms with Gasteiger partial charge in [-0.2, -0.15) is 22.6 Å². The van der Waals surface area contributed by atoms with Crippen LogP contribution in [0, 0.1) is 6.92 Å². The third kappa shape index (κ3) is 5.57. The number of nitrogens with one attached hydrogen (secondary N) is 1. The highest BCUT2D eigenvalue weighted by atomic mass is 32.2. The highest BCUT2D eigenvalue weighted by Gasteiger charge is 2.32. The van der Waals surface area contributed by atoms with E-state index in [1.807, 2.05) is 5.43 Å². The lowest BCUT2D eigenvalue weighted by Gasteiger charge is -2.17. The molecule has 0 saturated carbocycles. The lowest BCUT2D eigenvalue weighted by Crippen LogP contribution is -2.36. The topological polar surface area (TPSA) is 88.1 Å². The standard InChI is InChI=1S/C19H20F3N3O4S/c1-13-10-15(8-9-17(13)29-3)30(27,28)25(2)12-18(26)24-23-11-14-6-4-5-7-16(14)19(20,21)22/h4-11H,12H2,1-3H3,(H,24,26). The van der Waals surface area contributed by atoms with Crippen LogP contribution in [0.2, 0.25) is 0 Å². The zero-order valence-corrected chi connectivity index (χ0v) is 17.2. The third-order valence-corrected chi connectivity index (χ3v) is 5.90. The summed E-state index contributed by atoms with van der Waals surface area (Å²) in [7, 11) is -1.30. The number of hydrazone groups is 1. The summed E-state index contributed by atoms with van der Waals surface area (Å²) in [6, 6.07) is 8.98. The molecule has 0 radical (unpaired) electrons. The first kappa shape index (κ1) is 23.4. The minimum Gasteiger partial charge on any atom is -0.496 e. The van der Waals surface area contributed by atoms with E-state index in [1.54, 1.807) is 6.92 Å². The number of benzene rings is 2. The van der Waals surface area contributed by atoms with Crippen molar-refractivity contribution in [1.29, 1.82) is 0 Å². The van der Waals surface area contributed by atoms with Crippen LogP contribution in [-0.4, -0.2) is 45.5 Å². The first-order valence-electron chi connectivity index (χ1n) is 8.56. The molecule has 0 atom stereocenters. The van der Waals surface area contributed by atoms with E-state index in [4.69, 9.17) is 4.74 Å². The summed E-state index contributed by atoms with van der Waals surface area (Å²) in [5, 5.41) is 3.50. The van der Waals surface area contributed by atoms with Gasteiger partial charge in [-0.25, -0.2) is 13.8 Å². The molecule has 11 heteroatoms. The van der Waals surface area contributed by atoms with Crippen LogP contribution < -0.4 is 10.2 Å². The largest absolute Gasteiger partial charge is 0.496 e. The van der Waals surface area contributed by atoms with Crippen LogP contribution in [-0.2, 0) is 21.0 Å². The Balaban J connectivity index is 2.06. The minimum atomic E-state index is -4.57. The van der Waals surface area contributed by atoms with E-state index < -0.39 is 34.2 Å². The van der Waals surface area contributed by atoms with Gasteiger partial charge in [0, 0.05) is 12.6 Å². The first-order valence-corrected chi connectivity index (χ1v) is 10.00. The Morgan fingerprint density at radius 3 is 2.50 bits per heavy atom. The number of rotatable bonds is 7. The predicted octanol–water partition coefficient (Wildman–Crippen LogP) is 2.79. The molecule has 2 aromatic carbocycles. The van der Waals surface area contributed by atoms with Gasteiger partial charge in [0.05, 0.1) is 30.3 Å². The second-order valence-corrected chi connectivity index (χ2v) is 8.32. The van der Waals surface area contributed by atoms with Crippen molar-refractivity contribution in [3.05, 3.63) is 59.2 Å². The summed E-state index contributed by atoms with van der Waals surface area (Å²) in [4.78, 5) is 12.0. The minimum absolute atomic E-state index is 0.0290. The molecule has 7 nitrogen and oxygen atoms in total. The number of amides is 1. The SMILES string of the molecule is COc1ccc(S(=O)(=O)N(C)CC(=O)NN=Cc2ccccc2C(F)(F)F)cc1C. The van der Waals surface area contributed by atoms with Crippen molar-refractivity contribution in [2.24, 2.45) is 5.10 Å². The van der Waals surface area contributed by atoms with E-state index in [-0.39, 0.29) is 10.5 Å². The van der Waals surface area contributed by atoms with Gasteiger partial charge < -0.3 is 4.74 Å². The Hall–Kier alpha value is -2.92. The van der Waals surface area contributed by atoms with Crippen molar-refractivity contribution >= 4 is 22.1 Å². The average Bonchev–Trinajstić information content (AvgIpc) is 2.67. The van der Waals surface area contributed by atoms with E-state index in [9.17, 15) is 26.4 Å². The maximum atomic E-state index is 12.9. The van der Waals surface area contributed by atoms with Gasteiger partial charge in [0.25, 0.3) is 5.91 Å². The molecule has 2 aromatic rings. The van der Waals surface area contributed by atoms with Crippen LogP contribution in [0.1, 0.15) is 16.7 Å². The van der Waals surface area contributed by atoms with Crippen LogP contribution in [0.3, 0.4) is 0 Å². The molecule has 0 spiro atoms. The summed E-state index contributed by atoms with van der Waals surface area (Å²) in [5.41, 5.74) is 1.49. The van der Waals surface area contributed by atoms with Gasteiger partial charge in [-0.3, -0.25) is 4.79 Å². The van der Waals surface area contributed by atoms with Gasteiger partial charge in [-0.15, -0.1) is 0 Å². The molecule has 0 bridgehead atoms. The Morgan fingerprint density at radius 1 is 1.23 bits per heavy atom. The van der Waals surface area contributed by atoms with Crippen LogP contribution in [0.4, 0.5) is 13.2 Å². The second-order valence-electron chi connectivity index (χ2n) is 6.27. The van der Waals surface area contributed by atoms with Crippen LogP contribution in [0.25, 0.3) is 0 Å². The molecule has 1 amide bonds. The third-order valence-electron chi connectivity index (χ3n) is 4.10. The molecule has 0 unspecified atom stereocenters. The molecular formula is C19H20F3N3O4S. The van der Waals surface area contributed by atoms with Crippen LogP contribution >= 0.6 is 0 Å². The number of carbonyl (C=O) groups is 1. The first-order chi connectivity index (χ1) is 14.0. The number of ether oxygens (including phenoxy) is 1. The summed E-state index contributed by atoms with van der Waals surface area (Å²) >= 11 is 0. The van der Waals surface area contributed by atoms with Gasteiger partial charge in [0.1, 0.15) is 5.75 Å². The molecule has 30 heavy (non-hydrogen) atoms. The number of aryl methyl sites for hydroxylation is 1. The lowest BCUT2D eigenvalue weighted by atomic mass is 10.1. The maximum absolute atomic E-state index is 12.9. The zero-order valence-electron chi connectivity index (χ0n) is 16.4. The number of likely N-dealkylation sites (N-methyl/N-ethyl adjacent to an activating group) is 1. The smallest absolute Gasteiger partial charge is 0.417 e. The molecule has 0 aliphatic carbocycles. The van der Waals surface area contributed by atoms with Crippen molar-refractivity contribution in [2.75, 3.05) is 20.7 Å². The molecule has 1 N–H and O–H groups in total.